The average Bonchev–Trinajstić information content (AvgIpc) is 2.83. The molecule has 98 valence electrons. The minimum Gasteiger partial charge on any atom is -0.483 e. The van der Waals surface area contributed by atoms with E-state index >= 15 is 0 Å². The lowest BCUT2D eigenvalue weighted by Gasteiger charge is -2.16. The Bertz CT molecular complexity index is 422. The van der Waals surface area contributed by atoms with E-state index in [2.05, 4.69) is 0 Å². The van der Waals surface area contributed by atoms with E-state index in [-0.39, 0.29) is 12.5 Å². The molecule has 1 aromatic carbocycles. The molecule has 3 N–H and O–H groups in total. The van der Waals surface area contributed by atoms with Crippen LogP contribution in [0.1, 0.15) is 12.0 Å². The molecule has 1 heterocycles. The van der Waals surface area contributed by atoms with Gasteiger partial charge in [-0.2, -0.15) is 0 Å². The molecule has 5 heteroatoms. The predicted octanol–water partition coefficient (Wildman–Crippen LogP) is 0.117. The molecular formula is C13H18N2O3. The van der Waals surface area contributed by atoms with Crippen molar-refractivity contribution >= 4 is 5.91 Å². The maximum absolute atomic E-state index is 11.8. The SMILES string of the molecule is NCc1ccccc1OCC(=O)N1CC[C@@H](O)C1. The highest BCUT2D eigenvalue weighted by Crippen LogP contribution is 2.17. The van der Waals surface area contributed by atoms with Crippen molar-refractivity contribution in [1.29, 1.82) is 0 Å². The second kappa shape index (κ2) is 5.84. The van der Waals surface area contributed by atoms with Gasteiger partial charge in [0, 0.05) is 25.2 Å². The Morgan fingerprint density at radius 3 is 2.94 bits per heavy atom. The number of benzene rings is 1. The quantitative estimate of drug-likeness (QED) is 0.795. The van der Waals surface area contributed by atoms with Crippen LogP contribution >= 0.6 is 0 Å². The first-order valence-electron chi connectivity index (χ1n) is 6.07. The van der Waals surface area contributed by atoms with Gasteiger partial charge in [-0.05, 0) is 12.5 Å². The van der Waals surface area contributed by atoms with Crippen molar-refractivity contribution in [3.63, 3.8) is 0 Å². The second-order valence-electron chi connectivity index (χ2n) is 4.38. The number of likely N-dealkylation sites (tertiary alicyclic amines) is 1. The molecule has 0 radical (unpaired) electrons. The number of nitrogens with zero attached hydrogens (tertiary/aromatic N) is 1. The zero-order valence-corrected chi connectivity index (χ0v) is 10.2. The summed E-state index contributed by atoms with van der Waals surface area (Å²) in [7, 11) is 0. The van der Waals surface area contributed by atoms with Crippen LogP contribution in [0.2, 0.25) is 0 Å². The van der Waals surface area contributed by atoms with E-state index in [4.69, 9.17) is 10.5 Å². The number of amides is 1. The van der Waals surface area contributed by atoms with Gasteiger partial charge in [-0.25, -0.2) is 0 Å². The van der Waals surface area contributed by atoms with Crippen molar-refractivity contribution in [3.8, 4) is 5.75 Å². The Labute approximate surface area is 106 Å². The lowest BCUT2D eigenvalue weighted by molar-refractivity contribution is -0.132. The molecular weight excluding hydrogens is 232 g/mol. The minimum absolute atomic E-state index is 0.0102. The summed E-state index contributed by atoms with van der Waals surface area (Å²) in [6.07, 6.45) is 0.246. The van der Waals surface area contributed by atoms with Crippen LogP contribution in [0.4, 0.5) is 0 Å². The molecule has 0 spiro atoms. The standard InChI is InChI=1S/C13H18N2O3/c14-7-10-3-1-2-4-12(10)18-9-13(17)15-6-5-11(16)8-15/h1-4,11,16H,5-9,14H2/t11-/m1/s1. The number of carbonyl (C=O) groups excluding carboxylic acids is 1. The van der Waals surface area contributed by atoms with Gasteiger partial charge in [0.15, 0.2) is 6.61 Å². The van der Waals surface area contributed by atoms with Crippen molar-refractivity contribution in [2.75, 3.05) is 19.7 Å². The van der Waals surface area contributed by atoms with Crippen LogP contribution in [0.25, 0.3) is 0 Å². The number of nitrogens with two attached hydrogens (primary N) is 1. The molecule has 0 aliphatic carbocycles. The van der Waals surface area contributed by atoms with E-state index < -0.39 is 6.10 Å². The van der Waals surface area contributed by atoms with Gasteiger partial charge in [0.2, 0.25) is 0 Å². The van der Waals surface area contributed by atoms with Gasteiger partial charge >= 0.3 is 0 Å². The monoisotopic (exact) mass is 250 g/mol. The number of para-hydroxylation sites is 1. The van der Waals surface area contributed by atoms with Crippen LogP contribution in [0.5, 0.6) is 5.75 Å². The molecule has 1 aliphatic rings. The molecule has 2 rings (SSSR count). The Hall–Kier alpha value is -1.59. The van der Waals surface area contributed by atoms with Crippen LogP contribution in [-0.4, -0.2) is 41.7 Å². The largest absolute Gasteiger partial charge is 0.483 e. The third-order valence-corrected chi connectivity index (χ3v) is 3.06. The minimum atomic E-state index is -0.398. The van der Waals surface area contributed by atoms with E-state index in [0.29, 0.717) is 31.8 Å². The van der Waals surface area contributed by atoms with Crippen molar-refractivity contribution in [3.05, 3.63) is 29.8 Å². The number of aliphatic hydroxyl groups is 1. The number of β-amino-alcohol motifs (C(OH)–C–C–N with tert-alkyl or cyclic N) is 1. The van der Waals surface area contributed by atoms with E-state index in [1.807, 2.05) is 18.2 Å². The highest BCUT2D eigenvalue weighted by Gasteiger charge is 2.24. The Balaban J connectivity index is 1.89. The predicted molar refractivity (Wildman–Crippen MR) is 67.0 cm³/mol. The number of rotatable bonds is 4. The topological polar surface area (TPSA) is 75.8 Å². The third-order valence-electron chi connectivity index (χ3n) is 3.06. The fourth-order valence-corrected chi connectivity index (χ4v) is 2.01. The summed E-state index contributed by atoms with van der Waals surface area (Å²) in [5.41, 5.74) is 6.47. The van der Waals surface area contributed by atoms with Crippen LogP contribution in [-0.2, 0) is 11.3 Å². The summed E-state index contributed by atoms with van der Waals surface area (Å²) in [6, 6.07) is 7.40. The van der Waals surface area contributed by atoms with Crippen LogP contribution in [0, 0.1) is 0 Å². The van der Waals surface area contributed by atoms with Gasteiger partial charge in [-0.1, -0.05) is 18.2 Å². The first kappa shape index (κ1) is 12.9. The van der Waals surface area contributed by atoms with Gasteiger partial charge in [-0.3, -0.25) is 4.79 Å². The lowest BCUT2D eigenvalue weighted by atomic mass is 10.2. The van der Waals surface area contributed by atoms with Gasteiger partial charge in [0.05, 0.1) is 6.10 Å². The molecule has 5 nitrogen and oxygen atoms in total. The molecule has 1 aliphatic heterocycles. The van der Waals surface area contributed by atoms with Crippen molar-refractivity contribution in [2.24, 2.45) is 5.73 Å². The molecule has 1 saturated heterocycles. The number of aliphatic hydroxyl groups excluding tert-OH is 1. The molecule has 1 fully saturated rings. The van der Waals surface area contributed by atoms with Gasteiger partial charge < -0.3 is 20.5 Å². The zero-order chi connectivity index (χ0) is 13.0. The summed E-state index contributed by atoms with van der Waals surface area (Å²) in [4.78, 5) is 13.4. The molecule has 0 saturated carbocycles. The normalized spacial score (nSPS) is 19.0. The smallest absolute Gasteiger partial charge is 0.260 e. The molecule has 0 aromatic heterocycles. The van der Waals surface area contributed by atoms with E-state index in [1.54, 1.807) is 11.0 Å². The first-order chi connectivity index (χ1) is 8.70. The molecule has 18 heavy (non-hydrogen) atoms. The molecule has 1 aromatic rings. The molecule has 0 bridgehead atoms. The Morgan fingerprint density at radius 1 is 1.50 bits per heavy atom. The number of hydrogen-bond acceptors (Lipinski definition) is 4. The van der Waals surface area contributed by atoms with Gasteiger partial charge in [0.25, 0.3) is 5.91 Å². The zero-order valence-electron chi connectivity index (χ0n) is 10.2. The van der Waals surface area contributed by atoms with Gasteiger partial charge in [-0.15, -0.1) is 0 Å². The number of ether oxygens (including phenoxy) is 1. The van der Waals surface area contributed by atoms with Crippen LogP contribution in [0.3, 0.4) is 0 Å². The molecule has 0 unspecified atom stereocenters. The maximum atomic E-state index is 11.8. The lowest BCUT2D eigenvalue weighted by Crippen LogP contribution is -2.33. The molecule has 1 amide bonds. The first-order valence-corrected chi connectivity index (χ1v) is 6.07. The third kappa shape index (κ3) is 3.00. The second-order valence-corrected chi connectivity index (χ2v) is 4.38. The van der Waals surface area contributed by atoms with E-state index in [9.17, 15) is 9.90 Å². The number of carbonyl (C=O) groups is 1. The summed E-state index contributed by atoms with van der Waals surface area (Å²) >= 11 is 0. The van der Waals surface area contributed by atoms with Gasteiger partial charge in [0.1, 0.15) is 5.75 Å². The van der Waals surface area contributed by atoms with Crippen molar-refractivity contribution in [2.45, 2.75) is 19.1 Å². The fourth-order valence-electron chi connectivity index (χ4n) is 2.01. The highest BCUT2D eigenvalue weighted by atomic mass is 16.5. The Morgan fingerprint density at radius 2 is 2.28 bits per heavy atom. The fraction of sp³-hybridized carbons (Fsp3) is 0.462. The average molecular weight is 250 g/mol. The Kier molecular flexibility index (Phi) is 4.17. The maximum Gasteiger partial charge on any atom is 0.260 e. The summed E-state index contributed by atoms with van der Waals surface area (Å²) in [6.45, 7) is 1.37. The van der Waals surface area contributed by atoms with Crippen LogP contribution in [0.15, 0.2) is 24.3 Å². The van der Waals surface area contributed by atoms with E-state index in [1.165, 1.54) is 0 Å². The number of hydrogen-bond donors (Lipinski definition) is 2. The summed E-state index contributed by atoms with van der Waals surface area (Å²) in [5.74, 6) is 0.548. The van der Waals surface area contributed by atoms with Crippen molar-refractivity contribution in [1.82, 2.24) is 4.90 Å². The van der Waals surface area contributed by atoms with Crippen LogP contribution < -0.4 is 10.5 Å². The summed E-state index contributed by atoms with van der Waals surface area (Å²) in [5, 5.41) is 9.36. The van der Waals surface area contributed by atoms with E-state index in [0.717, 1.165) is 5.56 Å². The molecule has 1 atom stereocenters. The highest BCUT2D eigenvalue weighted by molar-refractivity contribution is 5.78. The summed E-state index contributed by atoms with van der Waals surface area (Å²) < 4.78 is 5.48. The van der Waals surface area contributed by atoms with Crippen molar-refractivity contribution < 1.29 is 14.6 Å².